The Bertz CT molecular complexity index is 793. The lowest BCUT2D eigenvalue weighted by Gasteiger charge is -2.11. The van der Waals surface area contributed by atoms with E-state index in [0.717, 1.165) is 6.26 Å². The SMILES string of the molecule is CS(=O)(=O)Nc1ccccc1CNC(=O)c1cncc(Br)c1. The number of pyridine rings is 1. The predicted octanol–water partition coefficient (Wildman–Crippen LogP) is 2.15. The lowest BCUT2D eigenvalue weighted by Crippen LogP contribution is -2.24. The fourth-order valence-electron chi connectivity index (χ4n) is 1.79. The Kier molecular flexibility index (Phi) is 5.15. The van der Waals surface area contributed by atoms with Gasteiger partial charge in [-0.05, 0) is 33.6 Å². The van der Waals surface area contributed by atoms with Crippen LogP contribution in [-0.2, 0) is 16.6 Å². The topological polar surface area (TPSA) is 88.2 Å². The Morgan fingerprint density at radius 1 is 1.27 bits per heavy atom. The number of carbonyl (C=O) groups is 1. The minimum Gasteiger partial charge on any atom is -0.348 e. The molecular weight excluding hydrogens is 370 g/mol. The smallest absolute Gasteiger partial charge is 0.253 e. The summed E-state index contributed by atoms with van der Waals surface area (Å²) in [5, 5.41) is 2.73. The van der Waals surface area contributed by atoms with E-state index in [1.165, 1.54) is 6.20 Å². The van der Waals surface area contributed by atoms with Gasteiger partial charge < -0.3 is 5.32 Å². The van der Waals surface area contributed by atoms with Gasteiger partial charge in [-0.3, -0.25) is 14.5 Å². The van der Waals surface area contributed by atoms with Gasteiger partial charge in [-0.25, -0.2) is 8.42 Å². The van der Waals surface area contributed by atoms with E-state index in [2.05, 4.69) is 31.0 Å². The molecule has 0 fully saturated rings. The minimum absolute atomic E-state index is 0.198. The molecule has 22 heavy (non-hydrogen) atoms. The molecule has 0 spiro atoms. The maximum atomic E-state index is 12.1. The third kappa shape index (κ3) is 4.81. The number of para-hydroxylation sites is 1. The molecule has 1 heterocycles. The van der Waals surface area contributed by atoms with Crippen LogP contribution in [0.5, 0.6) is 0 Å². The van der Waals surface area contributed by atoms with E-state index >= 15 is 0 Å². The molecule has 0 radical (unpaired) electrons. The number of nitrogens with zero attached hydrogens (tertiary/aromatic N) is 1. The molecule has 116 valence electrons. The molecule has 2 aromatic rings. The van der Waals surface area contributed by atoms with Crippen LogP contribution >= 0.6 is 15.9 Å². The Morgan fingerprint density at radius 2 is 2.00 bits per heavy atom. The summed E-state index contributed by atoms with van der Waals surface area (Å²) in [5.41, 5.74) is 1.53. The number of benzene rings is 1. The second-order valence-corrected chi connectivity index (χ2v) is 7.27. The van der Waals surface area contributed by atoms with Crippen molar-refractivity contribution in [3.8, 4) is 0 Å². The number of rotatable bonds is 5. The highest BCUT2D eigenvalue weighted by molar-refractivity contribution is 9.10. The van der Waals surface area contributed by atoms with Gasteiger partial charge in [0.2, 0.25) is 10.0 Å². The van der Waals surface area contributed by atoms with Crippen LogP contribution in [-0.4, -0.2) is 25.6 Å². The Morgan fingerprint density at radius 3 is 2.68 bits per heavy atom. The molecule has 0 saturated heterocycles. The van der Waals surface area contributed by atoms with Gasteiger partial charge >= 0.3 is 0 Å². The monoisotopic (exact) mass is 383 g/mol. The Labute approximate surface area is 137 Å². The largest absolute Gasteiger partial charge is 0.348 e. The number of carbonyl (C=O) groups excluding carboxylic acids is 1. The van der Waals surface area contributed by atoms with Crippen molar-refractivity contribution in [2.45, 2.75) is 6.54 Å². The first-order valence-electron chi connectivity index (χ1n) is 6.29. The second kappa shape index (κ2) is 6.89. The first-order valence-corrected chi connectivity index (χ1v) is 8.98. The van der Waals surface area contributed by atoms with Crippen LogP contribution < -0.4 is 10.0 Å². The third-order valence-electron chi connectivity index (χ3n) is 2.72. The van der Waals surface area contributed by atoms with Gasteiger partial charge in [0, 0.05) is 23.4 Å². The molecule has 0 atom stereocenters. The normalized spacial score (nSPS) is 11.0. The molecular formula is C14H14BrN3O3S. The van der Waals surface area contributed by atoms with Crippen molar-refractivity contribution in [2.24, 2.45) is 0 Å². The number of nitrogens with one attached hydrogen (secondary N) is 2. The zero-order valence-electron chi connectivity index (χ0n) is 11.7. The van der Waals surface area contributed by atoms with Crippen LogP contribution in [0.2, 0.25) is 0 Å². The van der Waals surface area contributed by atoms with Crippen molar-refractivity contribution in [1.82, 2.24) is 10.3 Å². The number of anilines is 1. The summed E-state index contributed by atoms with van der Waals surface area (Å²) in [6.45, 7) is 0.198. The van der Waals surface area contributed by atoms with Crippen molar-refractivity contribution in [3.05, 3.63) is 58.3 Å². The van der Waals surface area contributed by atoms with Crippen LogP contribution in [0.4, 0.5) is 5.69 Å². The highest BCUT2D eigenvalue weighted by Gasteiger charge is 2.10. The van der Waals surface area contributed by atoms with E-state index < -0.39 is 10.0 Å². The zero-order valence-corrected chi connectivity index (χ0v) is 14.1. The highest BCUT2D eigenvalue weighted by Crippen LogP contribution is 2.16. The lowest BCUT2D eigenvalue weighted by molar-refractivity contribution is 0.0950. The molecule has 1 aromatic carbocycles. The van der Waals surface area contributed by atoms with Crippen LogP contribution in [0.15, 0.2) is 47.2 Å². The summed E-state index contributed by atoms with van der Waals surface area (Å²) in [7, 11) is -3.37. The van der Waals surface area contributed by atoms with E-state index in [9.17, 15) is 13.2 Å². The molecule has 2 N–H and O–H groups in total. The average molecular weight is 384 g/mol. The summed E-state index contributed by atoms with van der Waals surface area (Å²) in [4.78, 5) is 16.0. The van der Waals surface area contributed by atoms with Crippen molar-refractivity contribution in [1.29, 1.82) is 0 Å². The summed E-state index contributed by atoms with van der Waals surface area (Å²) in [5.74, 6) is -0.289. The van der Waals surface area contributed by atoms with E-state index in [-0.39, 0.29) is 12.5 Å². The van der Waals surface area contributed by atoms with Gasteiger partial charge in [0.15, 0.2) is 0 Å². The van der Waals surface area contributed by atoms with E-state index in [1.54, 1.807) is 36.5 Å². The van der Waals surface area contributed by atoms with E-state index in [0.29, 0.717) is 21.3 Å². The lowest BCUT2D eigenvalue weighted by atomic mass is 10.2. The maximum Gasteiger partial charge on any atom is 0.253 e. The fraction of sp³-hybridized carbons (Fsp3) is 0.143. The van der Waals surface area contributed by atoms with Crippen LogP contribution in [0.3, 0.4) is 0 Å². The number of aromatic nitrogens is 1. The van der Waals surface area contributed by atoms with Crippen molar-refractivity contribution < 1.29 is 13.2 Å². The minimum atomic E-state index is -3.37. The van der Waals surface area contributed by atoms with E-state index in [4.69, 9.17) is 0 Å². The number of halogens is 1. The predicted molar refractivity (Wildman–Crippen MR) is 88.0 cm³/mol. The second-order valence-electron chi connectivity index (χ2n) is 4.61. The van der Waals surface area contributed by atoms with Crippen LogP contribution in [0, 0.1) is 0 Å². The zero-order chi connectivity index (χ0) is 16.2. The van der Waals surface area contributed by atoms with Crippen LogP contribution in [0.25, 0.3) is 0 Å². The van der Waals surface area contributed by atoms with Gasteiger partial charge in [0.25, 0.3) is 5.91 Å². The fourth-order valence-corrected chi connectivity index (χ4v) is 2.75. The molecule has 0 unspecified atom stereocenters. The van der Waals surface area contributed by atoms with Gasteiger partial charge in [-0.2, -0.15) is 0 Å². The number of sulfonamides is 1. The van der Waals surface area contributed by atoms with E-state index in [1.807, 2.05) is 0 Å². The molecule has 0 aliphatic rings. The summed E-state index contributed by atoms with van der Waals surface area (Å²) in [6.07, 6.45) is 4.12. The molecule has 0 aliphatic heterocycles. The standard InChI is InChI=1S/C14H14BrN3O3S/c1-22(20,21)18-13-5-3-2-4-10(13)8-17-14(19)11-6-12(15)9-16-7-11/h2-7,9,18H,8H2,1H3,(H,17,19). The first-order chi connectivity index (χ1) is 10.3. The van der Waals surface area contributed by atoms with Crippen molar-refractivity contribution in [2.75, 3.05) is 11.0 Å². The van der Waals surface area contributed by atoms with Gasteiger partial charge in [0.05, 0.1) is 17.5 Å². The van der Waals surface area contributed by atoms with Crippen molar-refractivity contribution >= 4 is 37.5 Å². The third-order valence-corrected chi connectivity index (χ3v) is 3.74. The molecule has 0 saturated carbocycles. The average Bonchev–Trinajstić information content (AvgIpc) is 2.44. The molecule has 6 nitrogen and oxygen atoms in total. The summed E-state index contributed by atoms with van der Waals surface area (Å²) >= 11 is 3.25. The van der Waals surface area contributed by atoms with Crippen LogP contribution in [0.1, 0.15) is 15.9 Å². The molecule has 1 aromatic heterocycles. The van der Waals surface area contributed by atoms with Gasteiger partial charge in [0.1, 0.15) is 0 Å². The van der Waals surface area contributed by atoms with Crippen molar-refractivity contribution in [3.63, 3.8) is 0 Å². The molecule has 8 heteroatoms. The quantitative estimate of drug-likeness (QED) is 0.827. The Balaban J connectivity index is 2.10. The number of hydrogen-bond acceptors (Lipinski definition) is 4. The highest BCUT2D eigenvalue weighted by atomic mass is 79.9. The molecule has 0 bridgehead atoms. The summed E-state index contributed by atoms with van der Waals surface area (Å²) in [6, 6.07) is 8.53. The molecule has 2 rings (SSSR count). The summed E-state index contributed by atoms with van der Waals surface area (Å²) < 4.78 is 25.8. The maximum absolute atomic E-state index is 12.1. The molecule has 0 aliphatic carbocycles. The van der Waals surface area contributed by atoms with Gasteiger partial charge in [-0.15, -0.1) is 0 Å². The first kappa shape index (κ1) is 16.4. The number of amides is 1. The Hall–Kier alpha value is -1.93. The number of hydrogen-bond donors (Lipinski definition) is 2. The molecule has 1 amide bonds. The van der Waals surface area contributed by atoms with Gasteiger partial charge in [-0.1, -0.05) is 18.2 Å².